The van der Waals surface area contributed by atoms with E-state index in [0.29, 0.717) is 6.54 Å². The lowest BCUT2D eigenvalue weighted by Gasteiger charge is -2.34. The van der Waals surface area contributed by atoms with Crippen LogP contribution >= 0.6 is 11.3 Å². The molecule has 1 amide bonds. The van der Waals surface area contributed by atoms with E-state index in [9.17, 15) is 4.79 Å². The van der Waals surface area contributed by atoms with Crippen LogP contribution in [0.1, 0.15) is 18.5 Å². The van der Waals surface area contributed by atoms with Crippen LogP contribution in [-0.4, -0.2) is 48.5 Å². The van der Waals surface area contributed by atoms with Gasteiger partial charge in [0.2, 0.25) is 5.91 Å². The minimum absolute atomic E-state index is 0.0420. The molecule has 0 unspecified atom stereocenters. The van der Waals surface area contributed by atoms with E-state index in [1.165, 1.54) is 0 Å². The normalized spacial score (nSPS) is 17.0. The molecule has 0 spiro atoms. The van der Waals surface area contributed by atoms with Crippen molar-refractivity contribution in [3.8, 4) is 0 Å². The molecule has 1 aliphatic heterocycles. The Morgan fingerprint density at radius 1 is 1.26 bits per heavy atom. The molecule has 0 bridgehead atoms. The van der Waals surface area contributed by atoms with Crippen molar-refractivity contribution in [2.75, 3.05) is 37.6 Å². The first-order chi connectivity index (χ1) is 11.2. The number of nitrogens with zero attached hydrogens (tertiary/aromatic N) is 3. The van der Waals surface area contributed by atoms with Crippen LogP contribution in [0.25, 0.3) is 0 Å². The number of nitrogens with one attached hydrogen (secondary N) is 1. The number of hydrogen-bond acceptors (Lipinski definition) is 5. The lowest BCUT2D eigenvalue weighted by Crippen LogP contribution is -2.49. The molecule has 1 N–H and O–H groups in total. The molecule has 5 nitrogen and oxygen atoms in total. The Kier molecular flexibility index (Phi) is 5.25. The molecule has 1 aromatic carbocycles. The Morgan fingerprint density at radius 3 is 2.65 bits per heavy atom. The van der Waals surface area contributed by atoms with Crippen LogP contribution < -0.4 is 10.2 Å². The highest BCUT2D eigenvalue weighted by Gasteiger charge is 2.21. The van der Waals surface area contributed by atoms with Gasteiger partial charge in [0.25, 0.3) is 0 Å². The van der Waals surface area contributed by atoms with Gasteiger partial charge in [0.05, 0.1) is 12.6 Å². The summed E-state index contributed by atoms with van der Waals surface area (Å²) in [5.41, 5.74) is 1.13. The van der Waals surface area contributed by atoms with Gasteiger partial charge in [-0.3, -0.25) is 9.69 Å². The van der Waals surface area contributed by atoms with Crippen molar-refractivity contribution >= 4 is 22.4 Å². The van der Waals surface area contributed by atoms with Crippen LogP contribution in [0, 0.1) is 0 Å². The van der Waals surface area contributed by atoms with Gasteiger partial charge >= 0.3 is 0 Å². The van der Waals surface area contributed by atoms with E-state index in [4.69, 9.17) is 0 Å². The van der Waals surface area contributed by atoms with Gasteiger partial charge in [0, 0.05) is 37.8 Å². The molecule has 0 aliphatic carbocycles. The first kappa shape index (κ1) is 16.0. The number of carbonyl (C=O) groups is 1. The van der Waals surface area contributed by atoms with Gasteiger partial charge in [-0.25, -0.2) is 4.98 Å². The largest absolute Gasteiger partial charge is 0.348 e. The third-order valence-corrected chi connectivity index (χ3v) is 4.94. The van der Waals surface area contributed by atoms with Crippen LogP contribution in [0.4, 0.5) is 5.13 Å². The summed E-state index contributed by atoms with van der Waals surface area (Å²) in [6.07, 6.45) is 1.84. The third kappa shape index (κ3) is 4.30. The molecule has 2 heterocycles. The lowest BCUT2D eigenvalue weighted by molar-refractivity contribution is -0.123. The summed E-state index contributed by atoms with van der Waals surface area (Å²) < 4.78 is 0. The summed E-state index contributed by atoms with van der Waals surface area (Å²) in [6.45, 7) is 6.13. The highest BCUT2D eigenvalue weighted by Crippen LogP contribution is 2.18. The number of aromatic nitrogens is 1. The zero-order chi connectivity index (χ0) is 16.1. The smallest absolute Gasteiger partial charge is 0.234 e. The highest BCUT2D eigenvalue weighted by atomic mass is 32.1. The second-order valence-electron chi connectivity index (χ2n) is 5.78. The molecule has 1 atom stereocenters. The molecule has 1 saturated heterocycles. The lowest BCUT2D eigenvalue weighted by atomic mass is 10.1. The molecule has 23 heavy (non-hydrogen) atoms. The van der Waals surface area contributed by atoms with E-state index >= 15 is 0 Å². The number of piperazine rings is 1. The van der Waals surface area contributed by atoms with Crippen molar-refractivity contribution < 1.29 is 4.79 Å². The minimum Gasteiger partial charge on any atom is -0.348 e. The van der Waals surface area contributed by atoms with E-state index < -0.39 is 0 Å². The average Bonchev–Trinajstić information content (AvgIpc) is 3.11. The number of rotatable bonds is 5. The fraction of sp³-hybridized carbons (Fsp3) is 0.412. The predicted molar refractivity (Wildman–Crippen MR) is 93.8 cm³/mol. The maximum Gasteiger partial charge on any atom is 0.234 e. The first-order valence-electron chi connectivity index (χ1n) is 7.93. The third-order valence-electron chi connectivity index (χ3n) is 4.11. The summed E-state index contributed by atoms with van der Waals surface area (Å²) in [6, 6.07) is 10.1. The summed E-state index contributed by atoms with van der Waals surface area (Å²) in [5.74, 6) is 0.0871. The SMILES string of the molecule is C[C@@H](NC(=O)CN1CCN(c2nccs2)CC1)c1ccccc1. The van der Waals surface area contributed by atoms with Gasteiger partial charge in [0.1, 0.15) is 0 Å². The topological polar surface area (TPSA) is 48.5 Å². The number of thiazole rings is 1. The number of benzene rings is 1. The maximum absolute atomic E-state index is 12.2. The Balaban J connectivity index is 1.44. The second-order valence-corrected chi connectivity index (χ2v) is 6.65. The predicted octanol–water partition coefficient (Wildman–Crippen LogP) is 2.14. The van der Waals surface area contributed by atoms with Gasteiger partial charge in [-0.1, -0.05) is 30.3 Å². The molecule has 2 aromatic rings. The van der Waals surface area contributed by atoms with Crippen molar-refractivity contribution in [3.63, 3.8) is 0 Å². The van der Waals surface area contributed by atoms with E-state index in [1.807, 2.05) is 48.8 Å². The summed E-state index contributed by atoms with van der Waals surface area (Å²) in [4.78, 5) is 21.1. The summed E-state index contributed by atoms with van der Waals surface area (Å²) >= 11 is 1.67. The van der Waals surface area contributed by atoms with E-state index in [1.54, 1.807) is 11.3 Å². The van der Waals surface area contributed by atoms with Crippen LogP contribution in [-0.2, 0) is 4.79 Å². The fourth-order valence-corrected chi connectivity index (χ4v) is 3.48. The Bertz CT molecular complexity index is 609. The summed E-state index contributed by atoms with van der Waals surface area (Å²) in [5, 5.41) is 6.15. The molecule has 3 rings (SSSR count). The summed E-state index contributed by atoms with van der Waals surface area (Å²) in [7, 11) is 0. The highest BCUT2D eigenvalue weighted by molar-refractivity contribution is 7.13. The standard InChI is InChI=1S/C17H22N4OS/c1-14(15-5-3-2-4-6-15)19-16(22)13-20-8-10-21(11-9-20)17-18-7-12-23-17/h2-7,12,14H,8-11,13H2,1H3,(H,19,22)/t14-/m1/s1. The first-order valence-corrected chi connectivity index (χ1v) is 8.81. The Morgan fingerprint density at radius 2 is 2.00 bits per heavy atom. The fourth-order valence-electron chi connectivity index (χ4n) is 2.78. The van der Waals surface area contributed by atoms with Gasteiger partial charge in [-0.15, -0.1) is 11.3 Å². The van der Waals surface area contributed by atoms with Crippen molar-refractivity contribution in [1.29, 1.82) is 0 Å². The van der Waals surface area contributed by atoms with Gasteiger partial charge in [0.15, 0.2) is 5.13 Å². The Labute approximate surface area is 140 Å². The van der Waals surface area contributed by atoms with E-state index in [2.05, 4.69) is 20.1 Å². The zero-order valence-electron chi connectivity index (χ0n) is 13.3. The monoisotopic (exact) mass is 330 g/mol. The van der Waals surface area contributed by atoms with Crippen LogP contribution in [0.2, 0.25) is 0 Å². The van der Waals surface area contributed by atoms with Gasteiger partial charge in [-0.05, 0) is 12.5 Å². The molecular weight excluding hydrogens is 308 g/mol. The average molecular weight is 330 g/mol. The second kappa shape index (κ2) is 7.57. The molecule has 1 aliphatic rings. The van der Waals surface area contributed by atoms with Crippen molar-refractivity contribution in [1.82, 2.24) is 15.2 Å². The molecular formula is C17H22N4OS. The maximum atomic E-state index is 12.2. The van der Waals surface area contributed by atoms with Gasteiger partial charge in [-0.2, -0.15) is 0 Å². The molecule has 1 aromatic heterocycles. The van der Waals surface area contributed by atoms with Crippen molar-refractivity contribution in [2.45, 2.75) is 13.0 Å². The quantitative estimate of drug-likeness (QED) is 0.912. The number of carbonyl (C=O) groups excluding carboxylic acids is 1. The molecule has 122 valence electrons. The minimum atomic E-state index is 0.0420. The van der Waals surface area contributed by atoms with E-state index in [-0.39, 0.29) is 11.9 Å². The van der Waals surface area contributed by atoms with Crippen LogP contribution in [0.3, 0.4) is 0 Å². The Hall–Kier alpha value is -1.92. The van der Waals surface area contributed by atoms with E-state index in [0.717, 1.165) is 36.9 Å². The zero-order valence-corrected chi connectivity index (χ0v) is 14.1. The molecule has 6 heteroatoms. The molecule has 1 fully saturated rings. The van der Waals surface area contributed by atoms with Crippen LogP contribution in [0.5, 0.6) is 0 Å². The van der Waals surface area contributed by atoms with Crippen LogP contribution in [0.15, 0.2) is 41.9 Å². The van der Waals surface area contributed by atoms with Gasteiger partial charge < -0.3 is 10.2 Å². The molecule has 0 radical (unpaired) electrons. The number of anilines is 1. The number of hydrogen-bond donors (Lipinski definition) is 1. The molecule has 0 saturated carbocycles. The van der Waals surface area contributed by atoms with Crippen molar-refractivity contribution in [3.05, 3.63) is 47.5 Å². The number of amides is 1. The van der Waals surface area contributed by atoms with Crippen molar-refractivity contribution in [2.24, 2.45) is 0 Å².